The molecule has 0 spiro atoms. The number of H-pyrrole nitrogens is 1. The summed E-state index contributed by atoms with van der Waals surface area (Å²) in [6, 6.07) is 0. The number of likely N-dealkylation sites (tertiary alicyclic amines) is 1. The third-order valence-corrected chi connectivity index (χ3v) is 5.82. The van der Waals surface area contributed by atoms with Gasteiger partial charge in [-0.15, -0.1) is 0 Å². The minimum absolute atomic E-state index is 0.118. The molecule has 24 heavy (non-hydrogen) atoms. The van der Waals surface area contributed by atoms with E-state index in [0.29, 0.717) is 31.8 Å². The second kappa shape index (κ2) is 7.66. The number of carbonyl (C=O) groups is 1. The van der Waals surface area contributed by atoms with Gasteiger partial charge in [0.2, 0.25) is 5.91 Å². The smallest absolute Gasteiger partial charge is 0.222 e. The summed E-state index contributed by atoms with van der Waals surface area (Å²) in [6.45, 7) is 4.91. The molecule has 6 nitrogen and oxygen atoms in total. The number of hydrogen-bond acceptors (Lipinski definition) is 4. The number of amides is 1. The highest BCUT2D eigenvalue weighted by molar-refractivity contribution is 5.76. The van der Waals surface area contributed by atoms with Gasteiger partial charge in [-0.1, -0.05) is 6.92 Å². The summed E-state index contributed by atoms with van der Waals surface area (Å²) in [5, 5.41) is 17.9. The minimum Gasteiger partial charge on any atom is -0.389 e. The molecule has 3 rings (SSSR count). The first-order chi connectivity index (χ1) is 11.6. The lowest BCUT2D eigenvalue weighted by atomic mass is 9.70. The maximum absolute atomic E-state index is 12.5. The Morgan fingerprint density at radius 2 is 2.29 bits per heavy atom. The van der Waals surface area contributed by atoms with Crippen molar-refractivity contribution in [3.63, 3.8) is 0 Å². The molecule has 0 aliphatic carbocycles. The van der Waals surface area contributed by atoms with Crippen molar-refractivity contribution in [1.29, 1.82) is 0 Å². The van der Waals surface area contributed by atoms with E-state index in [2.05, 4.69) is 17.1 Å². The van der Waals surface area contributed by atoms with Crippen molar-refractivity contribution in [2.75, 3.05) is 26.3 Å². The molecular formula is C18H29N3O3. The van der Waals surface area contributed by atoms with Crippen LogP contribution < -0.4 is 0 Å². The number of ether oxygens (including phenoxy) is 1. The number of rotatable bonds is 5. The molecule has 0 radical (unpaired) electrons. The van der Waals surface area contributed by atoms with Crippen molar-refractivity contribution < 1.29 is 14.6 Å². The number of carbonyl (C=O) groups excluding carboxylic acids is 1. The summed E-state index contributed by atoms with van der Waals surface area (Å²) in [5.41, 5.74) is 0.501. The number of aromatic amines is 1. The van der Waals surface area contributed by atoms with E-state index in [4.69, 9.17) is 4.74 Å². The first kappa shape index (κ1) is 17.4. The molecule has 2 fully saturated rings. The van der Waals surface area contributed by atoms with Crippen molar-refractivity contribution in [3.05, 3.63) is 18.0 Å². The molecule has 2 aliphatic rings. The second-order valence-corrected chi connectivity index (χ2v) is 7.33. The molecule has 2 atom stereocenters. The van der Waals surface area contributed by atoms with Gasteiger partial charge in [-0.3, -0.25) is 9.89 Å². The lowest BCUT2D eigenvalue weighted by Crippen LogP contribution is -2.56. The van der Waals surface area contributed by atoms with E-state index in [1.807, 2.05) is 11.1 Å². The quantitative estimate of drug-likeness (QED) is 0.859. The molecule has 2 saturated heterocycles. The van der Waals surface area contributed by atoms with Gasteiger partial charge in [0.25, 0.3) is 0 Å². The summed E-state index contributed by atoms with van der Waals surface area (Å²) >= 11 is 0. The molecule has 134 valence electrons. The van der Waals surface area contributed by atoms with Crippen molar-refractivity contribution >= 4 is 5.91 Å². The molecule has 6 heteroatoms. The lowest BCUT2D eigenvalue weighted by molar-refractivity contribution is -0.151. The highest BCUT2D eigenvalue weighted by Crippen LogP contribution is 2.39. The summed E-state index contributed by atoms with van der Waals surface area (Å²) in [7, 11) is 0. The van der Waals surface area contributed by atoms with Crippen LogP contribution in [0.2, 0.25) is 0 Å². The van der Waals surface area contributed by atoms with Gasteiger partial charge in [0.05, 0.1) is 11.8 Å². The zero-order valence-corrected chi connectivity index (χ0v) is 14.5. The molecule has 2 N–H and O–H groups in total. The third-order valence-electron chi connectivity index (χ3n) is 5.82. The Morgan fingerprint density at radius 1 is 1.50 bits per heavy atom. The first-order valence-electron chi connectivity index (χ1n) is 9.15. The fourth-order valence-corrected chi connectivity index (χ4v) is 4.19. The highest BCUT2D eigenvalue weighted by Gasteiger charge is 2.45. The monoisotopic (exact) mass is 335 g/mol. The van der Waals surface area contributed by atoms with Gasteiger partial charge in [0.15, 0.2) is 0 Å². The van der Waals surface area contributed by atoms with E-state index in [1.165, 1.54) is 0 Å². The number of aliphatic hydroxyl groups is 1. The Bertz CT molecular complexity index is 528. The van der Waals surface area contributed by atoms with Crippen molar-refractivity contribution in [3.8, 4) is 0 Å². The largest absolute Gasteiger partial charge is 0.389 e. The molecule has 2 unspecified atom stereocenters. The second-order valence-electron chi connectivity index (χ2n) is 7.33. The summed E-state index contributed by atoms with van der Waals surface area (Å²) in [5.74, 6) is 0.631. The van der Waals surface area contributed by atoms with Crippen LogP contribution in [0, 0.1) is 11.8 Å². The number of nitrogens with one attached hydrogen (secondary N) is 1. The van der Waals surface area contributed by atoms with Gasteiger partial charge in [-0.2, -0.15) is 5.10 Å². The van der Waals surface area contributed by atoms with E-state index in [9.17, 15) is 9.90 Å². The van der Waals surface area contributed by atoms with Crippen LogP contribution in [0.3, 0.4) is 0 Å². The maximum Gasteiger partial charge on any atom is 0.222 e. The van der Waals surface area contributed by atoms with Crippen LogP contribution in [-0.4, -0.2) is 58.0 Å². The number of nitrogens with zero attached hydrogens (tertiary/aromatic N) is 2. The standard InChI is InChI=1S/C18H29N3O3/c1-14-13-21(17(22)4-2-3-15-11-19-20-12-15)8-7-18(14,23)16-5-9-24-10-6-16/h11-12,14,16,23H,2-10,13H2,1H3,(H,19,20). The van der Waals surface area contributed by atoms with Crippen molar-refractivity contribution in [2.45, 2.75) is 51.0 Å². The van der Waals surface area contributed by atoms with Gasteiger partial charge < -0.3 is 14.7 Å². The SMILES string of the molecule is CC1CN(C(=O)CCCc2cn[nH]c2)CCC1(O)C1CCOCC1. The number of aryl methyl sites for hydroxylation is 1. The summed E-state index contributed by atoms with van der Waals surface area (Å²) < 4.78 is 5.42. The van der Waals surface area contributed by atoms with Crippen LogP contribution in [0.4, 0.5) is 0 Å². The summed E-state index contributed by atoms with van der Waals surface area (Å²) in [6.07, 6.45) is 8.51. The normalized spacial score (nSPS) is 28.9. The Morgan fingerprint density at radius 3 is 2.96 bits per heavy atom. The molecule has 3 heterocycles. The van der Waals surface area contributed by atoms with E-state index in [1.54, 1.807) is 6.20 Å². The predicted octanol–water partition coefficient (Wildman–Crippen LogP) is 1.76. The Balaban J connectivity index is 1.48. The Kier molecular flexibility index (Phi) is 5.56. The van der Waals surface area contributed by atoms with E-state index in [0.717, 1.165) is 44.5 Å². The van der Waals surface area contributed by atoms with Gasteiger partial charge in [0, 0.05) is 44.8 Å². The topological polar surface area (TPSA) is 78.5 Å². The predicted molar refractivity (Wildman–Crippen MR) is 90.4 cm³/mol. The lowest BCUT2D eigenvalue weighted by Gasteiger charge is -2.48. The fraction of sp³-hybridized carbons (Fsp3) is 0.778. The van der Waals surface area contributed by atoms with Crippen LogP contribution in [0.5, 0.6) is 0 Å². The van der Waals surface area contributed by atoms with Crippen molar-refractivity contribution in [1.82, 2.24) is 15.1 Å². The van der Waals surface area contributed by atoms with Gasteiger partial charge in [0.1, 0.15) is 0 Å². The number of aromatic nitrogens is 2. The number of piperidine rings is 1. The van der Waals surface area contributed by atoms with Gasteiger partial charge in [-0.25, -0.2) is 0 Å². The molecule has 0 aromatic carbocycles. The average Bonchev–Trinajstić information content (AvgIpc) is 3.11. The third kappa shape index (κ3) is 3.81. The minimum atomic E-state index is -0.642. The van der Waals surface area contributed by atoms with Crippen LogP contribution in [0.15, 0.2) is 12.4 Å². The highest BCUT2D eigenvalue weighted by atomic mass is 16.5. The van der Waals surface area contributed by atoms with Crippen LogP contribution >= 0.6 is 0 Å². The van der Waals surface area contributed by atoms with Crippen LogP contribution in [-0.2, 0) is 16.0 Å². The molecule has 0 saturated carbocycles. The molecule has 2 aliphatic heterocycles. The molecule has 1 amide bonds. The zero-order chi connectivity index (χ0) is 17.0. The van der Waals surface area contributed by atoms with E-state index in [-0.39, 0.29) is 11.8 Å². The Hall–Kier alpha value is -1.40. The van der Waals surface area contributed by atoms with Gasteiger partial charge in [-0.05, 0) is 43.6 Å². The van der Waals surface area contributed by atoms with E-state index < -0.39 is 5.60 Å². The fourth-order valence-electron chi connectivity index (χ4n) is 4.19. The molecular weight excluding hydrogens is 306 g/mol. The average molecular weight is 335 g/mol. The van der Waals surface area contributed by atoms with Crippen LogP contribution in [0.25, 0.3) is 0 Å². The molecule has 1 aromatic heterocycles. The van der Waals surface area contributed by atoms with E-state index >= 15 is 0 Å². The first-order valence-corrected chi connectivity index (χ1v) is 9.15. The molecule has 1 aromatic rings. The van der Waals surface area contributed by atoms with Crippen LogP contribution in [0.1, 0.15) is 44.6 Å². The van der Waals surface area contributed by atoms with Crippen molar-refractivity contribution in [2.24, 2.45) is 11.8 Å². The molecule has 0 bridgehead atoms. The summed E-state index contributed by atoms with van der Waals surface area (Å²) in [4.78, 5) is 14.4. The number of hydrogen-bond donors (Lipinski definition) is 2. The zero-order valence-electron chi connectivity index (χ0n) is 14.5. The maximum atomic E-state index is 12.5. The van der Waals surface area contributed by atoms with Gasteiger partial charge >= 0.3 is 0 Å². The Labute approximate surface area is 143 Å².